The van der Waals surface area contributed by atoms with Crippen LogP contribution in [0.1, 0.15) is 15.9 Å². The smallest absolute Gasteiger partial charge is 0.343 e. The Labute approximate surface area is 58.4 Å². The van der Waals surface area contributed by atoms with Gasteiger partial charge in [0.15, 0.2) is 0 Å². The fourth-order valence-corrected chi connectivity index (χ4v) is 0.996. The Balaban J connectivity index is 2.68. The first-order valence-electron chi connectivity index (χ1n) is 3.10. The monoisotopic (exact) mass is 134 g/mol. The minimum Gasteiger partial charge on any atom is -0.423 e. The van der Waals surface area contributed by atoms with Crippen LogP contribution >= 0.6 is 0 Å². The molecule has 2 bridgehead atoms. The van der Waals surface area contributed by atoms with Crippen molar-refractivity contribution >= 4 is 5.97 Å². The molecule has 50 valence electrons. The van der Waals surface area contributed by atoms with Crippen molar-refractivity contribution < 1.29 is 9.53 Å². The van der Waals surface area contributed by atoms with Crippen molar-refractivity contribution in [2.24, 2.45) is 0 Å². The van der Waals surface area contributed by atoms with Crippen LogP contribution in [0.5, 0.6) is 5.75 Å². The lowest BCUT2D eigenvalue weighted by atomic mass is 10.2. The molecule has 0 saturated heterocycles. The van der Waals surface area contributed by atoms with E-state index < -0.39 is 0 Å². The minimum absolute atomic E-state index is 0.233. The summed E-state index contributed by atoms with van der Waals surface area (Å²) in [7, 11) is 0. The number of rotatable bonds is 0. The molecule has 0 radical (unpaired) electrons. The normalized spacial score (nSPS) is 13.5. The summed E-state index contributed by atoms with van der Waals surface area (Å²) >= 11 is 0. The molecule has 1 heterocycles. The van der Waals surface area contributed by atoms with Crippen molar-refractivity contribution in [1.29, 1.82) is 0 Å². The third kappa shape index (κ3) is 0.559. The molecule has 0 amide bonds. The second-order valence-electron chi connectivity index (χ2n) is 2.37. The number of fused-ring (bicyclic) bond motifs is 2. The molecule has 0 unspecified atom stereocenters. The molecule has 0 spiro atoms. The summed E-state index contributed by atoms with van der Waals surface area (Å²) in [6, 6.07) is 5.42. The number of benzene rings is 1. The van der Waals surface area contributed by atoms with Crippen LogP contribution in [0.3, 0.4) is 0 Å². The van der Waals surface area contributed by atoms with Crippen LogP contribution in [-0.2, 0) is 0 Å². The zero-order valence-corrected chi connectivity index (χ0v) is 5.55. The second-order valence-corrected chi connectivity index (χ2v) is 2.37. The van der Waals surface area contributed by atoms with E-state index in [-0.39, 0.29) is 5.97 Å². The van der Waals surface area contributed by atoms with Gasteiger partial charge in [-0.3, -0.25) is 0 Å². The van der Waals surface area contributed by atoms with Gasteiger partial charge in [0.1, 0.15) is 5.75 Å². The Kier molecular flexibility index (Phi) is 0.873. The quantitative estimate of drug-likeness (QED) is 0.503. The highest BCUT2D eigenvalue weighted by Crippen LogP contribution is 2.26. The van der Waals surface area contributed by atoms with Crippen molar-refractivity contribution in [2.45, 2.75) is 6.92 Å². The number of carbonyl (C=O) groups excluding carboxylic acids is 1. The lowest BCUT2D eigenvalue weighted by Gasteiger charge is -1.92. The maximum absolute atomic E-state index is 10.8. The van der Waals surface area contributed by atoms with Gasteiger partial charge in [-0.1, -0.05) is 6.07 Å². The van der Waals surface area contributed by atoms with Crippen molar-refractivity contribution in [3.63, 3.8) is 0 Å². The standard InChI is InChI=1S/C8H6O2/c1-5-2-3-6-4-7(5)10-8(6)9/h2-4H,1H3. The summed E-state index contributed by atoms with van der Waals surface area (Å²) in [5, 5.41) is 0. The van der Waals surface area contributed by atoms with Gasteiger partial charge in [0.2, 0.25) is 0 Å². The zero-order valence-electron chi connectivity index (χ0n) is 5.55. The molecule has 2 nitrogen and oxygen atoms in total. The van der Waals surface area contributed by atoms with Crippen LogP contribution < -0.4 is 4.74 Å². The van der Waals surface area contributed by atoms with Crippen LogP contribution in [0.15, 0.2) is 18.2 Å². The Morgan fingerprint density at radius 1 is 1.40 bits per heavy atom. The molecule has 1 aliphatic heterocycles. The number of hydrogen-bond acceptors (Lipinski definition) is 2. The van der Waals surface area contributed by atoms with Crippen molar-refractivity contribution in [3.05, 3.63) is 29.3 Å². The first-order chi connectivity index (χ1) is 4.77. The lowest BCUT2D eigenvalue weighted by molar-refractivity contribution is 0.0754. The van der Waals surface area contributed by atoms with E-state index in [4.69, 9.17) is 4.74 Å². The van der Waals surface area contributed by atoms with E-state index in [1.54, 1.807) is 12.1 Å². The maximum Gasteiger partial charge on any atom is 0.343 e. The van der Waals surface area contributed by atoms with Crippen LogP contribution in [0.2, 0.25) is 0 Å². The van der Waals surface area contributed by atoms with Gasteiger partial charge in [0.25, 0.3) is 0 Å². The fourth-order valence-electron chi connectivity index (χ4n) is 0.996. The molecule has 0 saturated carbocycles. The summed E-state index contributed by atoms with van der Waals surface area (Å²) in [6.45, 7) is 1.91. The number of ether oxygens (including phenoxy) is 1. The summed E-state index contributed by atoms with van der Waals surface area (Å²) < 4.78 is 4.88. The molecule has 1 aliphatic rings. The molecule has 0 atom stereocenters. The molecule has 2 heteroatoms. The SMILES string of the molecule is Cc1ccc2cc1OC2=O. The van der Waals surface area contributed by atoms with Crippen LogP contribution in [0.25, 0.3) is 0 Å². The van der Waals surface area contributed by atoms with Gasteiger partial charge in [-0.2, -0.15) is 0 Å². The highest BCUT2D eigenvalue weighted by molar-refractivity contribution is 5.95. The predicted octanol–water partition coefficient (Wildman–Crippen LogP) is 1.53. The molecule has 2 rings (SSSR count). The van der Waals surface area contributed by atoms with Crippen molar-refractivity contribution in [3.8, 4) is 5.75 Å². The Bertz CT molecular complexity index is 302. The van der Waals surface area contributed by atoms with Crippen LogP contribution in [-0.4, -0.2) is 5.97 Å². The van der Waals surface area contributed by atoms with E-state index in [0.29, 0.717) is 11.3 Å². The summed E-state index contributed by atoms with van der Waals surface area (Å²) in [6.07, 6.45) is 0. The molecule has 10 heavy (non-hydrogen) atoms. The molecule has 0 aromatic heterocycles. The van der Waals surface area contributed by atoms with Crippen LogP contribution in [0, 0.1) is 6.92 Å². The summed E-state index contributed by atoms with van der Waals surface area (Å²) in [5.74, 6) is 0.464. The lowest BCUT2D eigenvalue weighted by Crippen LogP contribution is -1.99. The predicted molar refractivity (Wildman–Crippen MR) is 36.1 cm³/mol. The number of esters is 1. The summed E-state index contributed by atoms with van der Waals surface area (Å²) in [5.41, 5.74) is 1.66. The van der Waals surface area contributed by atoms with E-state index in [0.717, 1.165) is 5.56 Å². The van der Waals surface area contributed by atoms with Gasteiger partial charge < -0.3 is 4.74 Å². The Morgan fingerprint density at radius 2 is 2.20 bits per heavy atom. The molecule has 0 aliphatic carbocycles. The topological polar surface area (TPSA) is 26.3 Å². The first-order valence-corrected chi connectivity index (χ1v) is 3.10. The Morgan fingerprint density at radius 3 is 2.90 bits per heavy atom. The Hall–Kier alpha value is -1.31. The van der Waals surface area contributed by atoms with E-state index in [1.807, 2.05) is 13.0 Å². The number of aryl methyl sites for hydroxylation is 1. The van der Waals surface area contributed by atoms with Crippen LogP contribution in [0.4, 0.5) is 0 Å². The van der Waals surface area contributed by atoms with Crippen molar-refractivity contribution in [1.82, 2.24) is 0 Å². The van der Waals surface area contributed by atoms with E-state index in [2.05, 4.69) is 0 Å². The van der Waals surface area contributed by atoms with E-state index >= 15 is 0 Å². The molecular weight excluding hydrogens is 128 g/mol. The largest absolute Gasteiger partial charge is 0.423 e. The van der Waals surface area contributed by atoms with Gasteiger partial charge in [0.05, 0.1) is 5.56 Å². The molecule has 0 fully saturated rings. The molecule has 0 N–H and O–H groups in total. The van der Waals surface area contributed by atoms with Gasteiger partial charge in [-0.25, -0.2) is 4.79 Å². The number of carbonyl (C=O) groups is 1. The van der Waals surface area contributed by atoms with Gasteiger partial charge in [-0.05, 0) is 24.6 Å². The number of hydrogen-bond donors (Lipinski definition) is 0. The molecular formula is C8H6O2. The first kappa shape index (κ1) is 5.47. The average Bonchev–Trinajstić information content (AvgIpc) is 2.21. The highest BCUT2D eigenvalue weighted by Gasteiger charge is 2.18. The van der Waals surface area contributed by atoms with E-state index in [9.17, 15) is 4.79 Å². The molecule has 1 aromatic rings. The maximum atomic E-state index is 10.8. The summed E-state index contributed by atoms with van der Waals surface area (Å²) in [4.78, 5) is 10.8. The fraction of sp³-hybridized carbons (Fsp3) is 0.125. The average molecular weight is 134 g/mol. The third-order valence-corrected chi connectivity index (χ3v) is 1.63. The highest BCUT2D eigenvalue weighted by atomic mass is 16.5. The third-order valence-electron chi connectivity index (χ3n) is 1.63. The molecule has 1 aromatic carbocycles. The van der Waals surface area contributed by atoms with Crippen molar-refractivity contribution in [2.75, 3.05) is 0 Å². The zero-order chi connectivity index (χ0) is 7.14. The second kappa shape index (κ2) is 1.59. The van der Waals surface area contributed by atoms with Gasteiger partial charge in [-0.15, -0.1) is 0 Å². The van der Waals surface area contributed by atoms with Gasteiger partial charge in [0, 0.05) is 0 Å². The minimum atomic E-state index is -0.233. The van der Waals surface area contributed by atoms with E-state index in [1.165, 1.54) is 0 Å². The van der Waals surface area contributed by atoms with Gasteiger partial charge >= 0.3 is 5.97 Å².